The number of likely N-dealkylation sites (N-methyl/N-ethyl adjacent to an activating group) is 1. The summed E-state index contributed by atoms with van der Waals surface area (Å²) in [5.74, 6) is -0.107. The first-order valence-electron chi connectivity index (χ1n) is 8.74. The number of rotatable bonds is 6. The Kier molecular flexibility index (Phi) is 4.28. The monoisotopic (exact) mass is 335 g/mol. The molecule has 0 aromatic carbocycles. The van der Waals surface area contributed by atoms with Crippen LogP contribution in [0.1, 0.15) is 20.3 Å². The fourth-order valence-corrected chi connectivity index (χ4v) is 4.28. The second-order valence-electron chi connectivity index (χ2n) is 8.18. The molecule has 0 radical (unpaired) electrons. The zero-order valence-electron chi connectivity index (χ0n) is 14.9. The molecule has 1 saturated heterocycles. The maximum absolute atomic E-state index is 12.6. The van der Waals surface area contributed by atoms with Gasteiger partial charge >= 0.3 is 5.97 Å². The van der Waals surface area contributed by atoms with E-state index in [0.717, 1.165) is 6.42 Å². The molecule has 2 bridgehead atoms. The Morgan fingerprint density at radius 2 is 1.75 bits per heavy atom. The van der Waals surface area contributed by atoms with Crippen molar-refractivity contribution in [1.82, 2.24) is 4.90 Å². The smallest absolute Gasteiger partial charge is 0.362 e. The van der Waals surface area contributed by atoms with Crippen LogP contribution in [0.3, 0.4) is 0 Å². The van der Waals surface area contributed by atoms with Crippen molar-refractivity contribution in [3.8, 4) is 0 Å². The van der Waals surface area contributed by atoms with Crippen LogP contribution >= 0.6 is 0 Å². The van der Waals surface area contributed by atoms with E-state index in [1.807, 2.05) is 27.9 Å². The summed E-state index contributed by atoms with van der Waals surface area (Å²) in [6.45, 7) is 4.79. The van der Waals surface area contributed by atoms with E-state index in [1.54, 1.807) is 0 Å². The van der Waals surface area contributed by atoms with E-state index < -0.39 is 0 Å². The lowest BCUT2D eigenvalue weighted by molar-refractivity contribution is -0.882. The second-order valence-corrected chi connectivity index (χ2v) is 8.18. The van der Waals surface area contributed by atoms with Crippen LogP contribution in [-0.4, -0.2) is 67.0 Å². The number of carbonyl (C=O) groups is 3. The van der Waals surface area contributed by atoms with Crippen LogP contribution in [0.5, 0.6) is 0 Å². The van der Waals surface area contributed by atoms with Crippen LogP contribution < -0.4 is 0 Å². The third-order valence-electron chi connectivity index (χ3n) is 5.41. The molecular weight excluding hydrogens is 308 g/mol. The van der Waals surface area contributed by atoms with Gasteiger partial charge in [-0.05, 0) is 32.1 Å². The summed E-state index contributed by atoms with van der Waals surface area (Å²) >= 11 is 0. The van der Waals surface area contributed by atoms with Crippen molar-refractivity contribution in [2.24, 2.45) is 23.7 Å². The largest absolute Gasteiger partial charge is 0.459 e. The average Bonchev–Trinajstić information content (AvgIpc) is 3.10. The predicted octanol–water partition coefficient (Wildman–Crippen LogP) is 0.821. The Hall–Kier alpha value is -1.69. The molecule has 0 aromatic rings. The van der Waals surface area contributed by atoms with E-state index in [9.17, 15) is 14.4 Å². The van der Waals surface area contributed by atoms with Crippen LogP contribution in [-0.2, 0) is 19.1 Å². The molecule has 1 heterocycles. The first kappa shape index (κ1) is 17.1. The van der Waals surface area contributed by atoms with Crippen LogP contribution in [0.25, 0.3) is 0 Å². The topological polar surface area (TPSA) is 63.7 Å². The maximum Gasteiger partial charge on any atom is 0.362 e. The first-order chi connectivity index (χ1) is 11.2. The molecule has 3 rings (SSSR count). The lowest BCUT2D eigenvalue weighted by Gasteiger charge is -2.30. The molecule has 3 aliphatic rings. The Labute approximate surface area is 143 Å². The van der Waals surface area contributed by atoms with E-state index in [2.05, 4.69) is 12.2 Å². The first-order valence-corrected chi connectivity index (χ1v) is 8.74. The van der Waals surface area contributed by atoms with Gasteiger partial charge in [0, 0.05) is 0 Å². The lowest BCUT2D eigenvalue weighted by atomic mass is 9.85. The highest BCUT2D eigenvalue weighted by atomic mass is 16.5. The number of imide groups is 1. The van der Waals surface area contributed by atoms with Gasteiger partial charge in [0.25, 0.3) is 0 Å². The minimum absolute atomic E-state index is 0.0217. The number of esters is 1. The number of hydrogen-bond donors (Lipinski definition) is 0. The van der Waals surface area contributed by atoms with E-state index >= 15 is 0 Å². The van der Waals surface area contributed by atoms with Gasteiger partial charge in [0.2, 0.25) is 11.8 Å². The van der Waals surface area contributed by atoms with Crippen LogP contribution in [0.15, 0.2) is 12.2 Å². The number of likely N-dealkylation sites (tertiary alicyclic amines) is 1. The second kappa shape index (κ2) is 5.99. The number of hydrogen-bond acceptors (Lipinski definition) is 4. The van der Waals surface area contributed by atoms with E-state index in [-0.39, 0.29) is 54.1 Å². The Morgan fingerprint density at radius 3 is 2.25 bits per heavy atom. The summed E-state index contributed by atoms with van der Waals surface area (Å²) in [5, 5.41) is 0. The normalized spacial score (nSPS) is 31.3. The van der Waals surface area contributed by atoms with Gasteiger partial charge in [0.05, 0.1) is 45.1 Å². The number of allylic oxidation sites excluding steroid dienone is 2. The number of amides is 2. The minimum atomic E-state index is -0.256. The average molecular weight is 335 g/mol. The standard InChI is InChI=1S/C18H27N2O4/c1-11(2)24-14(21)10-20(3,4)8-7-19-17(22)15-12-5-6-13(9-12)16(15)18(19)23/h5-6,11-13,15-16H,7-10H2,1-4H3/q+1/t12-,13+,15-,16-/m0/s1. The quantitative estimate of drug-likeness (QED) is 0.312. The highest BCUT2D eigenvalue weighted by Crippen LogP contribution is 2.52. The summed E-state index contributed by atoms with van der Waals surface area (Å²) in [5.41, 5.74) is 0. The molecule has 0 N–H and O–H groups in total. The molecular formula is C18H27N2O4+. The molecule has 0 aromatic heterocycles. The number of fused-ring (bicyclic) bond motifs is 5. The zero-order chi connectivity index (χ0) is 17.6. The third kappa shape index (κ3) is 2.99. The van der Waals surface area contributed by atoms with E-state index in [1.165, 1.54) is 4.90 Å². The minimum Gasteiger partial charge on any atom is -0.459 e. The Morgan fingerprint density at radius 1 is 1.21 bits per heavy atom. The van der Waals surface area contributed by atoms with Crippen molar-refractivity contribution in [3.63, 3.8) is 0 Å². The van der Waals surface area contributed by atoms with E-state index in [4.69, 9.17) is 4.74 Å². The molecule has 132 valence electrons. The molecule has 0 unspecified atom stereocenters. The van der Waals surface area contributed by atoms with Crippen LogP contribution in [0.2, 0.25) is 0 Å². The fourth-order valence-electron chi connectivity index (χ4n) is 4.28. The number of ether oxygens (including phenoxy) is 1. The Balaban J connectivity index is 1.58. The number of nitrogens with zero attached hydrogens (tertiary/aromatic N) is 2. The van der Waals surface area contributed by atoms with Gasteiger partial charge in [-0.3, -0.25) is 14.5 Å². The number of carbonyl (C=O) groups excluding carboxylic acids is 3. The summed E-state index contributed by atoms with van der Waals surface area (Å²) in [4.78, 5) is 38.6. The zero-order valence-corrected chi connectivity index (χ0v) is 14.9. The van der Waals surface area contributed by atoms with Gasteiger partial charge in [-0.15, -0.1) is 0 Å². The number of quaternary nitrogens is 1. The van der Waals surface area contributed by atoms with Gasteiger partial charge in [-0.25, -0.2) is 4.79 Å². The summed E-state index contributed by atoms with van der Waals surface area (Å²) in [7, 11) is 3.83. The highest BCUT2D eigenvalue weighted by molar-refractivity contribution is 6.06. The van der Waals surface area contributed by atoms with Gasteiger partial charge < -0.3 is 9.22 Å². The molecule has 1 saturated carbocycles. The maximum atomic E-state index is 12.6. The molecule has 2 aliphatic carbocycles. The van der Waals surface area contributed by atoms with Gasteiger partial charge in [0.1, 0.15) is 0 Å². The molecule has 0 spiro atoms. The van der Waals surface area contributed by atoms with Crippen LogP contribution in [0.4, 0.5) is 0 Å². The molecule has 6 nitrogen and oxygen atoms in total. The lowest BCUT2D eigenvalue weighted by Crippen LogP contribution is -2.50. The molecule has 24 heavy (non-hydrogen) atoms. The Bertz CT molecular complexity index is 566. The van der Waals surface area contributed by atoms with Crippen LogP contribution in [0, 0.1) is 23.7 Å². The van der Waals surface area contributed by atoms with Gasteiger partial charge in [0.15, 0.2) is 6.54 Å². The molecule has 4 atom stereocenters. The van der Waals surface area contributed by atoms with Crippen molar-refractivity contribution in [2.45, 2.75) is 26.4 Å². The fraction of sp³-hybridized carbons (Fsp3) is 0.722. The molecule has 2 amide bonds. The highest BCUT2D eigenvalue weighted by Gasteiger charge is 2.59. The SMILES string of the molecule is CC(C)OC(=O)C[N+](C)(C)CCN1C(=O)[C@@H]2[C@@H](C1=O)[C@H]1C=C[C@@H]2C1. The van der Waals surface area contributed by atoms with Gasteiger partial charge in [-0.2, -0.15) is 0 Å². The van der Waals surface area contributed by atoms with Gasteiger partial charge in [-0.1, -0.05) is 12.2 Å². The summed E-state index contributed by atoms with van der Waals surface area (Å²) < 4.78 is 5.58. The molecule has 2 fully saturated rings. The molecule has 1 aliphatic heterocycles. The van der Waals surface area contributed by atoms with Crippen molar-refractivity contribution in [2.75, 3.05) is 33.7 Å². The van der Waals surface area contributed by atoms with E-state index in [0.29, 0.717) is 17.6 Å². The van der Waals surface area contributed by atoms with Crippen molar-refractivity contribution < 1.29 is 23.6 Å². The van der Waals surface area contributed by atoms with Crippen molar-refractivity contribution in [1.29, 1.82) is 0 Å². The van der Waals surface area contributed by atoms with Crippen molar-refractivity contribution in [3.05, 3.63) is 12.2 Å². The predicted molar refractivity (Wildman–Crippen MR) is 87.5 cm³/mol. The summed E-state index contributed by atoms with van der Waals surface area (Å²) in [6.07, 6.45) is 5.01. The molecule has 6 heteroatoms. The van der Waals surface area contributed by atoms with Crippen molar-refractivity contribution >= 4 is 17.8 Å². The summed E-state index contributed by atoms with van der Waals surface area (Å²) in [6, 6.07) is 0. The third-order valence-corrected chi connectivity index (χ3v) is 5.41.